The molecule has 0 radical (unpaired) electrons. The van der Waals surface area contributed by atoms with Crippen LogP contribution in [0.4, 0.5) is 0 Å². The van der Waals surface area contributed by atoms with Crippen LogP contribution in [0.3, 0.4) is 0 Å². The van der Waals surface area contributed by atoms with Gasteiger partial charge in [-0.2, -0.15) is 0 Å². The largest absolute Gasteiger partial charge is 0.465 e. The first-order chi connectivity index (χ1) is 7.65. The number of hydrogen-bond donors (Lipinski definition) is 1. The van der Waals surface area contributed by atoms with Gasteiger partial charge in [0.2, 0.25) is 0 Å². The van der Waals surface area contributed by atoms with Gasteiger partial charge in [-0.1, -0.05) is 18.2 Å². The van der Waals surface area contributed by atoms with Crippen LogP contribution < -0.4 is 5.73 Å². The molecule has 0 fully saturated rings. The molecule has 0 saturated carbocycles. The Balaban J connectivity index is 2.46. The molecule has 0 aliphatic carbocycles. The zero-order valence-corrected chi connectivity index (χ0v) is 10.4. The van der Waals surface area contributed by atoms with Crippen molar-refractivity contribution in [1.29, 1.82) is 0 Å². The van der Waals surface area contributed by atoms with Gasteiger partial charge in [0.15, 0.2) is 0 Å². The first-order valence-corrected chi connectivity index (χ1v) is 6.24. The van der Waals surface area contributed by atoms with Crippen molar-refractivity contribution in [1.82, 2.24) is 0 Å². The summed E-state index contributed by atoms with van der Waals surface area (Å²) < 4.78 is 4.85. The highest BCUT2D eigenvalue weighted by atomic mass is 32.2. The van der Waals surface area contributed by atoms with Crippen molar-refractivity contribution in [2.45, 2.75) is 24.8 Å². The molecule has 4 heteroatoms. The molecule has 2 N–H and O–H groups in total. The van der Waals surface area contributed by atoms with E-state index in [0.29, 0.717) is 12.4 Å². The molecule has 1 aromatic carbocycles. The van der Waals surface area contributed by atoms with Crippen LogP contribution >= 0.6 is 11.8 Å². The Morgan fingerprint density at radius 3 is 2.81 bits per heavy atom. The quantitative estimate of drug-likeness (QED) is 0.630. The Morgan fingerprint density at radius 1 is 1.50 bits per heavy atom. The minimum Gasteiger partial charge on any atom is -0.465 e. The van der Waals surface area contributed by atoms with Crippen molar-refractivity contribution in [2.75, 3.05) is 12.4 Å². The molecule has 3 nitrogen and oxygen atoms in total. The summed E-state index contributed by atoms with van der Waals surface area (Å²) in [6.07, 6.45) is 0. The number of hydrogen-bond acceptors (Lipinski definition) is 4. The molecule has 88 valence electrons. The first kappa shape index (κ1) is 13.1. The number of ether oxygens (including phenoxy) is 1. The van der Waals surface area contributed by atoms with Crippen molar-refractivity contribution >= 4 is 17.7 Å². The highest BCUT2D eigenvalue weighted by molar-refractivity contribution is 7.99. The van der Waals surface area contributed by atoms with Gasteiger partial charge < -0.3 is 10.5 Å². The van der Waals surface area contributed by atoms with Crippen molar-refractivity contribution in [2.24, 2.45) is 5.73 Å². The average Bonchev–Trinajstić information content (AvgIpc) is 2.28. The number of nitrogens with two attached hydrogens (primary N) is 1. The van der Waals surface area contributed by atoms with Crippen molar-refractivity contribution in [3.8, 4) is 0 Å². The molecule has 0 aliphatic rings. The molecule has 16 heavy (non-hydrogen) atoms. The van der Waals surface area contributed by atoms with E-state index in [4.69, 9.17) is 10.5 Å². The van der Waals surface area contributed by atoms with Crippen LogP contribution in [0.25, 0.3) is 0 Å². The van der Waals surface area contributed by atoms with Crippen LogP contribution in [0.5, 0.6) is 0 Å². The third-order valence-corrected chi connectivity index (χ3v) is 3.40. The monoisotopic (exact) mass is 239 g/mol. The van der Waals surface area contributed by atoms with Gasteiger partial charge >= 0.3 is 5.97 Å². The predicted molar refractivity (Wildman–Crippen MR) is 66.5 cm³/mol. The molecule has 0 bridgehead atoms. The second kappa shape index (κ2) is 6.55. The highest BCUT2D eigenvalue weighted by Crippen LogP contribution is 2.22. The van der Waals surface area contributed by atoms with Gasteiger partial charge in [-0.15, -0.1) is 11.8 Å². The lowest BCUT2D eigenvalue weighted by Gasteiger charge is -2.11. The maximum absolute atomic E-state index is 11.3. The lowest BCUT2D eigenvalue weighted by atomic mass is 10.2. The summed E-state index contributed by atoms with van der Waals surface area (Å²) >= 11 is 1.58. The van der Waals surface area contributed by atoms with Crippen molar-refractivity contribution in [3.63, 3.8) is 0 Å². The third kappa shape index (κ3) is 3.87. The van der Waals surface area contributed by atoms with E-state index < -0.39 is 6.04 Å². The zero-order chi connectivity index (χ0) is 12.0. The molecule has 1 atom stereocenters. The second-order valence-corrected chi connectivity index (χ2v) is 4.50. The van der Waals surface area contributed by atoms with E-state index in [1.807, 2.05) is 31.2 Å². The number of carbonyl (C=O) groups excluding carboxylic acids is 1. The fraction of sp³-hybridized carbons (Fsp3) is 0.417. The second-order valence-electron chi connectivity index (χ2n) is 3.44. The predicted octanol–water partition coefficient (Wildman–Crippen LogP) is 1.98. The fourth-order valence-corrected chi connectivity index (χ4v) is 2.18. The topological polar surface area (TPSA) is 52.3 Å². The maximum atomic E-state index is 11.3. The number of rotatable bonds is 5. The molecular weight excluding hydrogens is 222 g/mol. The highest BCUT2D eigenvalue weighted by Gasteiger charge is 2.14. The summed E-state index contributed by atoms with van der Waals surface area (Å²) in [6.45, 7) is 4.19. The van der Waals surface area contributed by atoms with Crippen molar-refractivity contribution in [3.05, 3.63) is 29.8 Å². The van der Waals surface area contributed by atoms with Gasteiger partial charge in [0.25, 0.3) is 0 Å². The van der Waals surface area contributed by atoms with Crippen LogP contribution in [0.15, 0.2) is 29.2 Å². The fourth-order valence-electron chi connectivity index (χ4n) is 1.22. The first-order valence-electron chi connectivity index (χ1n) is 5.25. The molecule has 1 aromatic rings. The van der Waals surface area contributed by atoms with Gasteiger partial charge in [0, 0.05) is 10.6 Å². The van der Waals surface area contributed by atoms with E-state index in [2.05, 4.69) is 0 Å². The Morgan fingerprint density at radius 2 is 2.19 bits per heavy atom. The van der Waals surface area contributed by atoms with Crippen LogP contribution in [-0.2, 0) is 9.53 Å². The number of thioether (sulfide) groups is 1. The van der Waals surface area contributed by atoms with Crippen LogP contribution in [0, 0.1) is 6.92 Å². The minimum atomic E-state index is -0.551. The van der Waals surface area contributed by atoms with E-state index in [9.17, 15) is 4.79 Å². The Kier molecular flexibility index (Phi) is 5.35. The normalized spacial score (nSPS) is 12.2. The van der Waals surface area contributed by atoms with Gasteiger partial charge in [-0.25, -0.2) is 0 Å². The van der Waals surface area contributed by atoms with E-state index in [-0.39, 0.29) is 5.97 Å². The maximum Gasteiger partial charge on any atom is 0.323 e. The van der Waals surface area contributed by atoms with E-state index >= 15 is 0 Å². The summed E-state index contributed by atoms with van der Waals surface area (Å²) in [5.74, 6) is 0.215. The molecule has 0 amide bonds. The summed E-state index contributed by atoms with van der Waals surface area (Å²) in [6, 6.07) is 7.48. The van der Waals surface area contributed by atoms with Crippen LogP contribution in [-0.4, -0.2) is 24.4 Å². The average molecular weight is 239 g/mol. The van der Waals surface area contributed by atoms with Crippen LogP contribution in [0.1, 0.15) is 12.5 Å². The Bertz CT molecular complexity index is 355. The SMILES string of the molecule is CCOC(=O)C(N)CSc1ccccc1C. The molecule has 0 aromatic heterocycles. The number of carbonyl (C=O) groups is 1. The minimum absolute atomic E-state index is 0.330. The van der Waals surface area contributed by atoms with Gasteiger partial charge in [-0.3, -0.25) is 4.79 Å². The zero-order valence-electron chi connectivity index (χ0n) is 9.60. The molecule has 0 heterocycles. The van der Waals surface area contributed by atoms with E-state index in [1.165, 1.54) is 5.56 Å². The Hall–Kier alpha value is -1.00. The molecule has 1 unspecified atom stereocenters. The number of aryl methyl sites for hydroxylation is 1. The summed E-state index contributed by atoms with van der Waals surface area (Å²) in [4.78, 5) is 12.4. The summed E-state index contributed by atoms with van der Waals surface area (Å²) in [7, 11) is 0. The molecular formula is C12H17NO2S. The number of esters is 1. The molecule has 0 spiro atoms. The van der Waals surface area contributed by atoms with E-state index in [1.54, 1.807) is 18.7 Å². The van der Waals surface area contributed by atoms with Gasteiger partial charge in [0.05, 0.1) is 6.61 Å². The smallest absolute Gasteiger partial charge is 0.323 e. The third-order valence-electron chi connectivity index (χ3n) is 2.10. The van der Waals surface area contributed by atoms with Crippen molar-refractivity contribution < 1.29 is 9.53 Å². The van der Waals surface area contributed by atoms with Gasteiger partial charge in [0.1, 0.15) is 6.04 Å². The molecule has 1 rings (SSSR count). The molecule has 0 aliphatic heterocycles. The molecule has 0 saturated heterocycles. The Labute approximate surface area is 100 Å². The van der Waals surface area contributed by atoms with Crippen LogP contribution in [0.2, 0.25) is 0 Å². The lowest BCUT2D eigenvalue weighted by molar-refractivity contribution is -0.144. The standard InChI is InChI=1S/C12H17NO2S/c1-3-15-12(14)10(13)8-16-11-7-5-4-6-9(11)2/h4-7,10H,3,8,13H2,1-2H3. The number of benzene rings is 1. The summed E-state index contributed by atoms with van der Waals surface area (Å²) in [5.41, 5.74) is 6.90. The van der Waals surface area contributed by atoms with Gasteiger partial charge in [-0.05, 0) is 25.5 Å². The lowest BCUT2D eigenvalue weighted by Crippen LogP contribution is -2.34. The van der Waals surface area contributed by atoms with E-state index in [0.717, 1.165) is 4.90 Å². The summed E-state index contributed by atoms with van der Waals surface area (Å²) in [5, 5.41) is 0.